The smallest absolute Gasteiger partial charge is 0.105 e. The van der Waals surface area contributed by atoms with Crippen LogP contribution in [-0.2, 0) is 11.2 Å². The first-order valence-corrected chi connectivity index (χ1v) is 8.60. The second kappa shape index (κ2) is 8.00. The van der Waals surface area contributed by atoms with Gasteiger partial charge in [-0.05, 0) is 63.6 Å². The van der Waals surface area contributed by atoms with E-state index in [2.05, 4.69) is 32.2 Å². The Kier molecular flexibility index (Phi) is 6.31. The summed E-state index contributed by atoms with van der Waals surface area (Å²) in [5.41, 5.74) is -0.0246. The summed E-state index contributed by atoms with van der Waals surface area (Å²) in [6.45, 7) is 8.51. The Morgan fingerprint density at radius 1 is 1.38 bits per heavy atom. The molecule has 1 aliphatic rings. The maximum absolute atomic E-state index is 6.32. The van der Waals surface area contributed by atoms with E-state index in [0.717, 1.165) is 50.5 Å². The summed E-state index contributed by atoms with van der Waals surface area (Å²) >= 11 is 0. The molecule has 3 nitrogen and oxygen atoms in total. The molecule has 1 fully saturated rings. The summed E-state index contributed by atoms with van der Waals surface area (Å²) in [5.74, 6) is 1.88. The molecule has 0 bridgehead atoms. The van der Waals surface area contributed by atoms with Gasteiger partial charge in [0.05, 0.1) is 11.9 Å². The van der Waals surface area contributed by atoms with Crippen molar-refractivity contribution in [1.82, 2.24) is 5.32 Å². The molecule has 1 aromatic heterocycles. The zero-order valence-corrected chi connectivity index (χ0v) is 13.9. The van der Waals surface area contributed by atoms with Crippen molar-refractivity contribution in [1.29, 1.82) is 0 Å². The molecule has 0 radical (unpaired) electrons. The highest BCUT2D eigenvalue weighted by Gasteiger charge is 2.42. The van der Waals surface area contributed by atoms with Crippen LogP contribution in [0.5, 0.6) is 0 Å². The molecule has 1 unspecified atom stereocenters. The molecule has 3 heteroatoms. The Morgan fingerprint density at radius 3 is 2.71 bits per heavy atom. The lowest BCUT2D eigenvalue weighted by Gasteiger charge is -2.45. The maximum atomic E-state index is 6.32. The summed E-state index contributed by atoms with van der Waals surface area (Å²) in [6, 6.07) is 4.39. The van der Waals surface area contributed by atoms with Gasteiger partial charge in [0.15, 0.2) is 0 Å². The topological polar surface area (TPSA) is 34.4 Å². The minimum atomic E-state index is -0.0246. The molecular weight excluding hydrogens is 262 g/mol. The van der Waals surface area contributed by atoms with Crippen molar-refractivity contribution < 1.29 is 9.15 Å². The molecular formula is C18H31NO2. The van der Waals surface area contributed by atoms with E-state index in [4.69, 9.17) is 9.15 Å². The molecule has 0 amide bonds. The van der Waals surface area contributed by atoms with Crippen LogP contribution in [0.15, 0.2) is 22.8 Å². The van der Waals surface area contributed by atoms with Crippen LogP contribution in [0.25, 0.3) is 0 Å². The predicted octanol–water partition coefficient (Wildman–Crippen LogP) is 4.18. The average molecular weight is 293 g/mol. The van der Waals surface area contributed by atoms with E-state index in [0.29, 0.717) is 6.04 Å². The maximum Gasteiger partial charge on any atom is 0.105 e. The Balaban J connectivity index is 2.13. The van der Waals surface area contributed by atoms with E-state index in [1.54, 1.807) is 6.26 Å². The molecule has 1 atom stereocenters. The van der Waals surface area contributed by atoms with Gasteiger partial charge in [0, 0.05) is 19.1 Å². The number of hydrogen-bond donors (Lipinski definition) is 1. The first-order chi connectivity index (χ1) is 10.2. The Morgan fingerprint density at radius 2 is 2.14 bits per heavy atom. The van der Waals surface area contributed by atoms with Crippen molar-refractivity contribution >= 4 is 0 Å². The summed E-state index contributed by atoms with van der Waals surface area (Å²) in [7, 11) is 0. The van der Waals surface area contributed by atoms with Crippen molar-refractivity contribution in [2.24, 2.45) is 5.92 Å². The number of ether oxygens (including phenoxy) is 1. The van der Waals surface area contributed by atoms with E-state index in [9.17, 15) is 0 Å². The van der Waals surface area contributed by atoms with Crippen LogP contribution < -0.4 is 5.32 Å². The summed E-state index contributed by atoms with van der Waals surface area (Å²) in [6.07, 6.45) is 8.68. The molecule has 0 aliphatic heterocycles. The van der Waals surface area contributed by atoms with Crippen LogP contribution in [-0.4, -0.2) is 24.8 Å². The Labute approximate surface area is 129 Å². The van der Waals surface area contributed by atoms with Gasteiger partial charge in [-0.15, -0.1) is 0 Å². The lowest BCUT2D eigenvalue weighted by Crippen LogP contribution is -2.55. The predicted molar refractivity (Wildman–Crippen MR) is 86.5 cm³/mol. The van der Waals surface area contributed by atoms with Crippen molar-refractivity contribution in [2.75, 3.05) is 13.2 Å². The van der Waals surface area contributed by atoms with Crippen LogP contribution in [0.4, 0.5) is 0 Å². The van der Waals surface area contributed by atoms with E-state index < -0.39 is 0 Å². The van der Waals surface area contributed by atoms with E-state index in [1.807, 2.05) is 6.07 Å². The van der Waals surface area contributed by atoms with Gasteiger partial charge in [-0.3, -0.25) is 0 Å². The van der Waals surface area contributed by atoms with Crippen LogP contribution in [0, 0.1) is 5.92 Å². The van der Waals surface area contributed by atoms with Gasteiger partial charge in [-0.1, -0.05) is 13.8 Å². The van der Waals surface area contributed by atoms with Crippen molar-refractivity contribution in [2.45, 2.75) is 70.9 Å². The Bertz CT molecular complexity index is 380. The minimum Gasteiger partial charge on any atom is -0.469 e. The fourth-order valence-electron chi connectivity index (χ4n) is 3.52. The lowest BCUT2D eigenvalue weighted by atomic mass is 9.74. The van der Waals surface area contributed by atoms with Crippen molar-refractivity contribution in [3.8, 4) is 0 Å². The minimum absolute atomic E-state index is 0.0246. The third-order valence-corrected chi connectivity index (χ3v) is 4.81. The second-order valence-corrected chi connectivity index (χ2v) is 6.47. The normalized spacial score (nSPS) is 27.7. The molecule has 0 aromatic carbocycles. The SMILES string of the molecule is CCCNC(Cc1ccco1)C1(OCC)CCC(C)CC1. The third kappa shape index (κ3) is 4.33. The highest BCUT2D eigenvalue weighted by atomic mass is 16.5. The standard InChI is InChI=1S/C18H31NO2/c1-4-12-19-17(14-16-7-6-13-20-16)18(21-5-2)10-8-15(3)9-11-18/h6-7,13,15,17,19H,4-5,8-12,14H2,1-3H3. The third-order valence-electron chi connectivity index (χ3n) is 4.81. The van der Waals surface area contributed by atoms with Crippen molar-refractivity contribution in [3.05, 3.63) is 24.2 Å². The quantitative estimate of drug-likeness (QED) is 0.781. The molecule has 0 spiro atoms. The van der Waals surface area contributed by atoms with Gasteiger partial charge in [0.2, 0.25) is 0 Å². The van der Waals surface area contributed by atoms with Crippen LogP contribution in [0.1, 0.15) is 58.6 Å². The molecule has 1 N–H and O–H groups in total. The summed E-state index contributed by atoms with van der Waals surface area (Å²) < 4.78 is 11.9. The molecule has 1 saturated carbocycles. The largest absolute Gasteiger partial charge is 0.469 e. The van der Waals surface area contributed by atoms with Crippen LogP contribution in [0.2, 0.25) is 0 Å². The highest BCUT2D eigenvalue weighted by molar-refractivity contribution is 5.06. The first kappa shape index (κ1) is 16.6. The zero-order valence-electron chi connectivity index (χ0n) is 13.9. The molecule has 1 aliphatic carbocycles. The highest BCUT2D eigenvalue weighted by Crippen LogP contribution is 2.38. The van der Waals surface area contributed by atoms with Gasteiger partial charge >= 0.3 is 0 Å². The van der Waals surface area contributed by atoms with Gasteiger partial charge in [-0.25, -0.2) is 0 Å². The van der Waals surface area contributed by atoms with Gasteiger partial charge in [0.1, 0.15) is 5.76 Å². The Hall–Kier alpha value is -0.800. The number of nitrogens with one attached hydrogen (secondary N) is 1. The van der Waals surface area contributed by atoms with Crippen molar-refractivity contribution in [3.63, 3.8) is 0 Å². The summed E-state index contributed by atoms with van der Waals surface area (Å²) in [4.78, 5) is 0. The number of furan rings is 1. The van der Waals surface area contributed by atoms with Gasteiger partial charge < -0.3 is 14.5 Å². The second-order valence-electron chi connectivity index (χ2n) is 6.47. The molecule has 1 heterocycles. The number of hydrogen-bond acceptors (Lipinski definition) is 3. The first-order valence-electron chi connectivity index (χ1n) is 8.60. The van der Waals surface area contributed by atoms with E-state index in [-0.39, 0.29) is 5.60 Å². The van der Waals surface area contributed by atoms with E-state index in [1.165, 1.54) is 12.8 Å². The fourth-order valence-corrected chi connectivity index (χ4v) is 3.52. The molecule has 1 aromatic rings. The van der Waals surface area contributed by atoms with E-state index >= 15 is 0 Å². The average Bonchev–Trinajstić information content (AvgIpc) is 2.99. The van der Waals surface area contributed by atoms with Crippen LogP contribution >= 0.6 is 0 Å². The molecule has 2 rings (SSSR count). The zero-order chi connectivity index (χ0) is 15.1. The lowest BCUT2D eigenvalue weighted by molar-refractivity contribution is -0.0967. The molecule has 0 saturated heterocycles. The molecule has 21 heavy (non-hydrogen) atoms. The summed E-state index contributed by atoms with van der Waals surface area (Å²) in [5, 5.41) is 3.73. The number of rotatable bonds is 8. The van der Waals surface area contributed by atoms with Gasteiger partial charge in [-0.2, -0.15) is 0 Å². The monoisotopic (exact) mass is 293 g/mol. The molecule has 120 valence electrons. The van der Waals surface area contributed by atoms with Gasteiger partial charge in [0.25, 0.3) is 0 Å². The fraction of sp³-hybridized carbons (Fsp3) is 0.778. The van der Waals surface area contributed by atoms with Crippen LogP contribution in [0.3, 0.4) is 0 Å².